The molecule has 118 valence electrons. The quantitative estimate of drug-likeness (QED) is 0.862. The van der Waals surface area contributed by atoms with Crippen LogP contribution in [0.4, 0.5) is 0 Å². The number of rotatable bonds is 4. The standard InChI is InChI=1S/C15H19N3O2S2/c1-17(2)22(19,20)18-9-3-5-14(18)13-8-7-12(11-16-13)15-6-4-10-21-15/h4,6-8,10-11,14H,3,5,9H2,1-2H3/t14-/m1/s1. The lowest BCUT2D eigenvalue weighted by molar-refractivity contribution is 0.358. The highest BCUT2D eigenvalue weighted by Crippen LogP contribution is 2.34. The van der Waals surface area contributed by atoms with Gasteiger partial charge in [-0.25, -0.2) is 0 Å². The minimum atomic E-state index is -3.40. The Labute approximate surface area is 135 Å². The first-order chi connectivity index (χ1) is 10.5. The van der Waals surface area contributed by atoms with Crippen LogP contribution in [0.3, 0.4) is 0 Å². The van der Waals surface area contributed by atoms with Crippen LogP contribution in [0.5, 0.6) is 0 Å². The van der Waals surface area contributed by atoms with Crippen molar-refractivity contribution in [2.75, 3.05) is 20.6 Å². The molecule has 0 N–H and O–H groups in total. The molecule has 3 rings (SSSR count). The summed E-state index contributed by atoms with van der Waals surface area (Å²) in [5.41, 5.74) is 1.89. The highest BCUT2D eigenvalue weighted by Gasteiger charge is 2.37. The van der Waals surface area contributed by atoms with Gasteiger partial charge >= 0.3 is 0 Å². The molecule has 1 fully saturated rings. The van der Waals surface area contributed by atoms with Gasteiger partial charge < -0.3 is 0 Å². The monoisotopic (exact) mass is 337 g/mol. The summed E-state index contributed by atoms with van der Waals surface area (Å²) in [5.74, 6) is 0. The van der Waals surface area contributed by atoms with Crippen LogP contribution in [-0.4, -0.2) is 42.7 Å². The zero-order chi connectivity index (χ0) is 15.7. The normalized spacial score (nSPS) is 19.9. The van der Waals surface area contributed by atoms with Gasteiger partial charge in [0, 0.05) is 37.3 Å². The van der Waals surface area contributed by atoms with Gasteiger partial charge in [0.2, 0.25) is 0 Å². The van der Waals surface area contributed by atoms with Gasteiger partial charge in [0.25, 0.3) is 10.2 Å². The zero-order valence-corrected chi connectivity index (χ0v) is 14.3. The van der Waals surface area contributed by atoms with E-state index in [2.05, 4.69) is 11.1 Å². The minimum absolute atomic E-state index is 0.162. The van der Waals surface area contributed by atoms with Crippen molar-refractivity contribution in [3.8, 4) is 10.4 Å². The van der Waals surface area contributed by atoms with Crippen molar-refractivity contribution in [2.24, 2.45) is 0 Å². The van der Waals surface area contributed by atoms with E-state index in [9.17, 15) is 8.42 Å². The topological polar surface area (TPSA) is 53.5 Å². The highest BCUT2D eigenvalue weighted by atomic mass is 32.2. The molecule has 7 heteroatoms. The lowest BCUT2D eigenvalue weighted by atomic mass is 10.1. The van der Waals surface area contributed by atoms with Crippen molar-refractivity contribution in [2.45, 2.75) is 18.9 Å². The second-order valence-electron chi connectivity index (χ2n) is 5.51. The van der Waals surface area contributed by atoms with Crippen molar-refractivity contribution in [3.05, 3.63) is 41.5 Å². The molecule has 0 spiro atoms. The van der Waals surface area contributed by atoms with E-state index in [0.29, 0.717) is 6.54 Å². The molecule has 0 aromatic carbocycles. The fourth-order valence-corrected chi connectivity index (χ4v) is 4.74. The van der Waals surface area contributed by atoms with Crippen LogP contribution in [0.25, 0.3) is 10.4 Å². The molecular formula is C15H19N3O2S2. The number of hydrogen-bond acceptors (Lipinski definition) is 4. The van der Waals surface area contributed by atoms with E-state index >= 15 is 0 Å². The molecule has 0 bridgehead atoms. The SMILES string of the molecule is CN(C)S(=O)(=O)N1CCC[C@@H]1c1ccc(-c2cccs2)cn1. The van der Waals surface area contributed by atoms with Crippen LogP contribution in [0.15, 0.2) is 35.8 Å². The van der Waals surface area contributed by atoms with Crippen LogP contribution < -0.4 is 0 Å². The molecule has 1 aliphatic heterocycles. The average Bonchev–Trinajstić information content (AvgIpc) is 3.19. The number of nitrogens with zero attached hydrogens (tertiary/aromatic N) is 3. The first-order valence-electron chi connectivity index (χ1n) is 7.19. The molecule has 0 aliphatic carbocycles. The van der Waals surface area contributed by atoms with E-state index in [1.165, 1.54) is 9.18 Å². The molecule has 22 heavy (non-hydrogen) atoms. The highest BCUT2D eigenvalue weighted by molar-refractivity contribution is 7.86. The van der Waals surface area contributed by atoms with Gasteiger partial charge in [-0.2, -0.15) is 17.0 Å². The summed E-state index contributed by atoms with van der Waals surface area (Å²) in [7, 11) is -0.264. The summed E-state index contributed by atoms with van der Waals surface area (Å²) < 4.78 is 27.6. The maximum atomic E-state index is 12.4. The van der Waals surface area contributed by atoms with Gasteiger partial charge in [-0.05, 0) is 30.4 Å². The molecule has 1 atom stereocenters. The van der Waals surface area contributed by atoms with Gasteiger partial charge in [0.05, 0.1) is 11.7 Å². The maximum absolute atomic E-state index is 12.4. The van der Waals surface area contributed by atoms with E-state index in [1.807, 2.05) is 29.8 Å². The lowest BCUT2D eigenvalue weighted by Gasteiger charge is -2.26. The molecule has 0 saturated carbocycles. The fourth-order valence-electron chi connectivity index (χ4n) is 2.71. The third kappa shape index (κ3) is 2.81. The fraction of sp³-hybridized carbons (Fsp3) is 0.400. The Bertz CT molecular complexity index is 725. The number of hydrogen-bond donors (Lipinski definition) is 0. The minimum Gasteiger partial charge on any atom is -0.259 e. The second-order valence-corrected chi connectivity index (χ2v) is 8.55. The third-order valence-electron chi connectivity index (χ3n) is 3.89. The van der Waals surface area contributed by atoms with Crippen LogP contribution >= 0.6 is 11.3 Å². The first kappa shape index (κ1) is 15.6. The van der Waals surface area contributed by atoms with Crippen molar-refractivity contribution in [1.82, 2.24) is 13.6 Å². The molecule has 0 radical (unpaired) electrons. The van der Waals surface area contributed by atoms with E-state index in [-0.39, 0.29) is 6.04 Å². The Kier molecular flexibility index (Phi) is 4.31. The van der Waals surface area contributed by atoms with Gasteiger partial charge in [-0.3, -0.25) is 4.98 Å². The lowest BCUT2D eigenvalue weighted by Crippen LogP contribution is -2.39. The molecule has 2 aromatic heterocycles. The summed E-state index contributed by atoms with van der Waals surface area (Å²) in [4.78, 5) is 5.69. The molecule has 1 saturated heterocycles. The van der Waals surface area contributed by atoms with Gasteiger partial charge in [0.15, 0.2) is 0 Å². The molecule has 0 amide bonds. The van der Waals surface area contributed by atoms with Crippen LogP contribution in [0.2, 0.25) is 0 Å². The molecule has 5 nitrogen and oxygen atoms in total. The molecule has 1 aliphatic rings. The zero-order valence-electron chi connectivity index (χ0n) is 12.6. The van der Waals surface area contributed by atoms with Gasteiger partial charge in [0.1, 0.15) is 0 Å². The Hall–Kier alpha value is -1.28. The molecule has 0 unspecified atom stereocenters. The summed E-state index contributed by atoms with van der Waals surface area (Å²) in [6.45, 7) is 0.555. The summed E-state index contributed by atoms with van der Waals surface area (Å²) >= 11 is 1.67. The van der Waals surface area contributed by atoms with Crippen LogP contribution in [0.1, 0.15) is 24.6 Å². The molecule has 3 heterocycles. The van der Waals surface area contributed by atoms with Crippen LogP contribution in [-0.2, 0) is 10.2 Å². The van der Waals surface area contributed by atoms with Crippen molar-refractivity contribution < 1.29 is 8.42 Å². The summed E-state index contributed by atoms with van der Waals surface area (Å²) in [6, 6.07) is 7.87. The average molecular weight is 337 g/mol. The predicted octanol–water partition coefficient (Wildman–Crippen LogP) is 2.75. The van der Waals surface area contributed by atoms with Crippen LogP contribution in [0, 0.1) is 0 Å². The first-order valence-corrected chi connectivity index (χ1v) is 9.47. The molecule has 2 aromatic rings. The van der Waals surface area contributed by atoms with E-state index in [1.54, 1.807) is 29.7 Å². The molecular weight excluding hydrogens is 318 g/mol. The largest absolute Gasteiger partial charge is 0.282 e. The second kappa shape index (κ2) is 6.08. The van der Waals surface area contributed by atoms with Crippen molar-refractivity contribution >= 4 is 21.5 Å². The Morgan fingerprint density at radius 2 is 2.14 bits per heavy atom. The van der Waals surface area contributed by atoms with Gasteiger partial charge in [-0.1, -0.05) is 12.1 Å². The van der Waals surface area contributed by atoms with E-state index < -0.39 is 10.2 Å². The number of thiophene rings is 1. The summed E-state index contributed by atoms with van der Waals surface area (Å²) in [5, 5.41) is 2.03. The predicted molar refractivity (Wildman–Crippen MR) is 88.8 cm³/mol. The number of aromatic nitrogens is 1. The Morgan fingerprint density at radius 3 is 2.73 bits per heavy atom. The van der Waals surface area contributed by atoms with Crippen molar-refractivity contribution in [1.29, 1.82) is 0 Å². The summed E-state index contributed by atoms with van der Waals surface area (Å²) in [6.07, 6.45) is 3.52. The number of pyridine rings is 1. The smallest absolute Gasteiger partial charge is 0.259 e. The third-order valence-corrected chi connectivity index (χ3v) is 6.77. The van der Waals surface area contributed by atoms with E-state index in [4.69, 9.17) is 0 Å². The van der Waals surface area contributed by atoms with E-state index in [0.717, 1.165) is 24.1 Å². The van der Waals surface area contributed by atoms with Gasteiger partial charge in [-0.15, -0.1) is 11.3 Å². The Morgan fingerprint density at radius 1 is 1.32 bits per heavy atom. The maximum Gasteiger partial charge on any atom is 0.282 e. The van der Waals surface area contributed by atoms with Crippen molar-refractivity contribution in [3.63, 3.8) is 0 Å². The Balaban J connectivity index is 1.87.